The van der Waals surface area contributed by atoms with Gasteiger partial charge in [-0.3, -0.25) is 9.78 Å². The number of hydrogen-bond acceptors (Lipinski definition) is 2. The molecular weight excluding hydrogens is 294 g/mol. The first-order valence-electron chi connectivity index (χ1n) is 8.36. The van der Waals surface area contributed by atoms with Crippen LogP contribution in [0.2, 0.25) is 0 Å². The second-order valence-electron chi connectivity index (χ2n) is 5.99. The Morgan fingerprint density at radius 3 is 2.25 bits per heavy atom. The molecule has 2 aromatic carbocycles. The van der Waals surface area contributed by atoms with E-state index in [2.05, 4.69) is 53.5 Å². The molecular formula is C22H21NO. The number of aromatic nitrogens is 1. The fourth-order valence-corrected chi connectivity index (χ4v) is 2.80. The number of hydrogen-bond donors (Lipinski definition) is 0. The molecule has 0 amide bonds. The van der Waals surface area contributed by atoms with Crippen molar-refractivity contribution < 1.29 is 4.79 Å². The van der Waals surface area contributed by atoms with Gasteiger partial charge in [0.2, 0.25) is 0 Å². The van der Waals surface area contributed by atoms with Crippen LogP contribution >= 0.6 is 0 Å². The number of ketones is 1. The van der Waals surface area contributed by atoms with E-state index in [1.165, 1.54) is 16.7 Å². The Labute approximate surface area is 143 Å². The molecule has 3 aromatic rings. The lowest BCUT2D eigenvalue weighted by Crippen LogP contribution is -2.03. The average molecular weight is 315 g/mol. The number of benzene rings is 2. The maximum absolute atomic E-state index is 12.0. The second kappa shape index (κ2) is 8.21. The smallest absolute Gasteiger partial charge is 0.137 e. The standard InChI is InChI=1S/C22H21NO/c24-22(16-19-7-5-15-23-17-19)10-4-6-18-11-13-21(14-12-18)20-8-2-1-3-9-20/h1-3,5,7-9,11-15,17H,4,6,10,16H2. The van der Waals surface area contributed by atoms with Crippen LogP contribution in [0.25, 0.3) is 11.1 Å². The summed E-state index contributed by atoms with van der Waals surface area (Å²) < 4.78 is 0. The first kappa shape index (κ1) is 16.1. The van der Waals surface area contributed by atoms with Gasteiger partial charge in [0.25, 0.3) is 0 Å². The molecule has 120 valence electrons. The zero-order valence-electron chi connectivity index (χ0n) is 13.7. The molecule has 0 radical (unpaired) electrons. The zero-order chi connectivity index (χ0) is 16.6. The summed E-state index contributed by atoms with van der Waals surface area (Å²) in [7, 11) is 0. The molecule has 0 bridgehead atoms. The molecule has 0 N–H and O–H groups in total. The van der Waals surface area contributed by atoms with Crippen molar-refractivity contribution in [2.24, 2.45) is 0 Å². The Balaban J connectivity index is 1.48. The van der Waals surface area contributed by atoms with E-state index in [1.807, 2.05) is 18.2 Å². The average Bonchev–Trinajstić information content (AvgIpc) is 2.64. The van der Waals surface area contributed by atoms with E-state index >= 15 is 0 Å². The van der Waals surface area contributed by atoms with Gasteiger partial charge in [0.15, 0.2) is 0 Å². The lowest BCUT2D eigenvalue weighted by atomic mass is 10.0. The van der Waals surface area contributed by atoms with Crippen molar-refractivity contribution in [2.75, 3.05) is 0 Å². The highest BCUT2D eigenvalue weighted by atomic mass is 16.1. The van der Waals surface area contributed by atoms with Crippen LogP contribution in [0.1, 0.15) is 24.0 Å². The minimum atomic E-state index is 0.281. The second-order valence-corrected chi connectivity index (χ2v) is 5.99. The monoisotopic (exact) mass is 315 g/mol. The molecule has 2 heteroatoms. The summed E-state index contributed by atoms with van der Waals surface area (Å²) in [6, 6.07) is 22.8. The van der Waals surface area contributed by atoms with Crippen LogP contribution in [-0.4, -0.2) is 10.8 Å². The molecule has 3 rings (SSSR count). The van der Waals surface area contributed by atoms with Crippen molar-refractivity contribution >= 4 is 5.78 Å². The normalized spacial score (nSPS) is 10.5. The Bertz CT molecular complexity index is 764. The third kappa shape index (κ3) is 4.63. The SMILES string of the molecule is O=C(CCCc1ccc(-c2ccccc2)cc1)Cc1cccnc1. The van der Waals surface area contributed by atoms with Crippen molar-refractivity contribution in [1.82, 2.24) is 4.98 Å². The van der Waals surface area contributed by atoms with E-state index in [0.29, 0.717) is 12.8 Å². The van der Waals surface area contributed by atoms with Gasteiger partial charge in [0, 0.05) is 25.2 Å². The number of pyridine rings is 1. The van der Waals surface area contributed by atoms with Crippen LogP contribution in [0.15, 0.2) is 79.1 Å². The van der Waals surface area contributed by atoms with Crippen LogP contribution in [-0.2, 0) is 17.6 Å². The Morgan fingerprint density at radius 2 is 1.54 bits per heavy atom. The maximum Gasteiger partial charge on any atom is 0.137 e. The van der Waals surface area contributed by atoms with Gasteiger partial charge in [-0.2, -0.15) is 0 Å². The van der Waals surface area contributed by atoms with Crippen LogP contribution in [0, 0.1) is 0 Å². The molecule has 0 aliphatic heterocycles. The summed E-state index contributed by atoms with van der Waals surface area (Å²) in [5.74, 6) is 0.281. The van der Waals surface area contributed by atoms with Gasteiger partial charge in [-0.05, 0) is 41.2 Å². The van der Waals surface area contributed by atoms with Gasteiger partial charge in [0.05, 0.1) is 0 Å². The summed E-state index contributed by atoms with van der Waals surface area (Å²) >= 11 is 0. The van der Waals surface area contributed by atoms with E-state index in [1.54, 1.807) is 12.4 Å². The lowest BCUT2D eigenvalue weighted by molar-refractivity contribution is -0.118. The number of carbonyl (C=O) groups is 1. The van der Waals surface area contributed by atoms with Crippen molar-refractivity contribution in [3.63, 3.8) is 0 Å². The van der Waals surface area contributed by atoms with Gasteiger partial charge < -0.3 is 0 Å². The third-order valence-electron chi connectivity index (χ3n) is 4.11. The van der Waals surface area contributed by atoms with Crippen molar-refractivity contribution in [2.45, 2.75) is 25.7 Å². The fraction of sp³-hybridized carbons (Fsp3) is 0.182. The summed E-state index contributed by atoms with van der Waals surface area (Å²) in [5.41, 5.74) is 4.74. The highest BCUT2D eigenvalue weighted by molar-refractivity contribution is 5.80. The number of rotatable bonds is 7. The number of nitrogens with zero attached hydrogens (tertiary/aromatic N) is 1. The molecule has 0 saturated carbocycles. The predicted molar refractivity (Wildman–Crippen MR) is 97.8 cm³/mol. The molecule has 0 atom stereocenters. The molecule has 0 fully saturated rings. The van der Waals surface area contributed by atoms with Crippen molar-refractivity contribution in [3.05, 3.63) is 90.3 Å². The van der Waals surface area contributed by atoms with E-state index in [0.717, 1.165) is 18.4 Å². The van der Waals surface area contributed by atoms with Gasteiger partial charge in [-0.15, -0.1) is 0 Å². The summed E-state index contributed by atoms with van der Waals surface area (Å²) in [4.78, 5) is 16.1. The van der Waals surface area contributed by atoms with Crippen LogP contribution in [0.3, 0.4) is 0 Å². The molecule has 1 heterocycles. The van der Waals surface area contributed by atoms with Crippen molar-refractivity contribution in [1.29, 1.82) is 0 Å². The summed E-state index contributed by atoms with van der Waals surface area (Å²) in [5, 5.41) is 0. The Morgan fingerprint density at radius 1 is 0.792 bits per heavy atom. The van der Waals surface area contributed by atoms with E-state index < -0.39 is 0 Å². The van der Waals surface area contributed by atoms with Gasteiger partial charge in [-0.25, -0.2) is 0 Å². The van der Waals surface area contributed by atoms with E-state index in [4.69, 9.17) is 0 Å². The van der Waals surface area contributed by atoms with Crippen LogP contribution in [0.5, 0.6) is 0 Å². The van der Waals surface area contributed by atoms with Crippen LogP contribution < -0.4 is 0 Å². The minimum absolute atomic E-state index is 0.281. The van der Waals surface area contributed by atoms with Crippen LogP contribution in [0.4, 0.5) is 0 Å². The highest BCUT2D eigenvalue weighted by Gasteiger charge is 2.04. The van der Waals surface area contributed by atoms with E-state index in [-0.39, 0.29) is 5.78 Å². The number of aryl methyl sites for hydroxylation is 1. The Hall–Kier alpha value is -2.74. The first-order valence-corrected chi connectivity index (χ1v) is 8.36. The molecule has 0 spiro atoms. The number of Topliss-reactive ketones (excluding diaryl/α,β-unsaturated/α-hetero) is 1. The zero-order valence-corrected chi connectivity index (χ0v) is 13.7. The molecule has 0 aliphatic rings. The Kier molecular flexibility index (Phi) is 5.52. The van der Waals surface area contributed by atoms with Gasteiger partial charge in [-0.1, -0.05) is 60.7 Å². The topological polar surface area (TPSA) is 30.0 Å². The van der Waals surface area contributed by atoms with Gasteiger partial charge in [0.1, 0.15) is 5.78 Å². The summed E-state index contributed by atoms with van der Waals surface area (Å²) in [6.45, 7) is 0. The first-order chi connectivity index (χ1) is 11.8. The van der Waals surface area contributed by atoms with E-state index in [9.17, 15) is 4.79 Å². The third-order valence-corrected chi connectivity index (χ3v) is 4.11. The molecule has 1 aromatic heterocycles. The summed E-state index contributed by atoms with van der Waals surface area (Å²) in [6.07, 6.45) is 6.43. The minimum Gasteiger partial charge on any atom is -0.299 e. The predicted octanol–water partition coefficient (Wildman–Crippen LogP) is 4.88. The van der Waals surface area contributed by atoms with Crippen molar-refractivity contribution in [3.8, 4) is 11.1 Å². The molecule has 2 nitrogen and oxygen atoms in total. The largest absolute Gasteiger partial charge is 0.299 e. The number of carbonyl (C=O) groups excluding carboxylic acids is 1. The highest BCUT2D eigenvalue weighted by Crippen LogP contribution is 2.20. The fourth-order valence-electron chi connectivity index (χ4n) is 2.80. The molecule has 0 aliphatic carbocycles. The molecule has 0 unspecified atom stereocenters. The lowest BCUT2D eigenvalue weighted by Gasteiger charge is -2.05. The maximum atomic E-state index is 12.0. The quantitative estimate of drug-likeness (QED) is 0.622. The van der Waals surface area contributed by atoms with Gasteiger partial charge >= 0.3 is 0 Å². The molecule has 24 heavy (non-hydrogen) atoms. The molecule has 0 saturated heterocycles.